The summed E-state index contributed by atoms with van der Waals surface area (Å²) in [6.45, 7) is 1.08. The summed E-state index contributed by atoms with van der Waals surface area (Å²) in [5, 5.41) is 0. The number of hydrogen-bond donors (Lipinski definition) is 1. The summed E-state index contributed by atoms with van der Waals surface area (Å²) in [7, 11) is 2.12. The molecular weight excluding hydrogens is 254 g/mol. The van der Waals surface area contributed by atoms with Gasteiger partial charge in [0, 0.05) is 32.0 Å². The molecule has 2 rings (SSSR count). The van der Waals surface area contributed by atoms with Crippen LogP contribution in [0.3, 0.4) is 0 Å². The smallest absolute Gasteiger partial charge is 0.0592 e. The van der Waals surface area contributed by atoms with Crippen LogP contribution in [0.2, 0.25) is 0 Å². The third kappa shape index (κ3) is 2.49. The lowest BCUT2D eigenvalue weighted by molar-refractivity contribution is 0.271. The first-order chi connectivity index (χ1) is 7.16. The first kappa shape index (κ1) is 10.9. The highest BCUT2D eigenvalue weighted by molar-refractivity contribution is 9.10. The van der Waals surface area contributed by atoms with Crippen molar-refractivity contribution in [2.75, 3.05) is 18.5 Å². The highest BCUT2D eigenvalue weighted by Crippen LogP contribution is 2.30. The van der Waals surface area contributed by atoms with E-state index in [9.17, 15) is 0 Å². The molecule has 1 aliphatic rings. The fourth-order valence-electron chi connectivity index (χ4n) is 2.10. The molecule has 2 N–H and O–H groups in total. The summed E-state index contributed by atoms with van der Waals surface area (Å²) in [5.74, 6) is 0.755. The Morgan fingerprint density at radius 1 is 1.60 bits per heavy atom. The number of nitrogens with two attached hydrogens (primary N) is 1. The van der Waals surface area contributed by atoms with Gasteiger partial charge in [0.1, 0.15) is 0 Å². The fourth-order valence-corrected chi connectivity index (χ4v) is 2.65. The molecule has 0 bridgehead atoms. The van der Waals surface area contributed by atoms with Crippen LogP contribution in [0.1, 0.15) is 12.8 Å². The molecule has 0 amide bonds. The Morgan fingerprint density at radius 3 is 2.93 bits per heavy atom. The maximum atomic E-state index is 5.78. The van der Waals surface area contributed by atoms with Crippen LogP contribution in [0.4, 0.5) is 5.69 Å². The molecule has 0 saturated heterocycles. The Kier molecular flexibility index (Phi) is 3.26. The van der Waals surface area contributed by atoms with Gasteiger partial charge in [-0.3, -0.25) is 4.98 Å². The average molecular weight is 270 g/mol. The Morgan fingerprint density at radius 2 is 2.33 bits per heavy atom. The van der Waals surface area contributed by atoms with E-state index in [1.165, 1.54) is 5.69 Å². The second-order valence-electron chi connectivity index (χ2n) is 4.31. The average Bonchev–Trinajstić information content (AvgIpc) is 2.16. The number of halogens is 1. The summed E-state index contributed by atoms with van der Waals surface area (Å²) in [6.07, 6.45) is 5.97. The zero-order valence-electron chi connectivity index (χ0n) is 8.86. The minimum absolute atomic E-state index is 0.435. The molecule has 15 heavy (non-hydrogen) atoms. The van der Waals surface area contributed by atoms with Crippen LogP contribution in [0.5, 0.6) is 0 Å². The fraction of sp³-hybridized carbons (Fsp3) is 0.545. The van der Waals surface area contributed by atoms with Crippen molar-refractivity contribution in [2.24, 2.45) is 11.7 Å². The third-order valence-corrected chi connectivity index (χ3v) is 3.58. The molecule has 0 aromatic carbocycles. The van der Waals surface area contributed by atoms with Crippen LogP contribution in [0.15, 0.2) is 22.9 Å². The molecule has 0 aliphatic heterocycles. The molecule has 1 aromatic rings. The van der Waals surface area contributed by atoms with E-state index in [4.69, 9.17) is 5.73 Å². The SMILES string of the molecule is CN(CC1CC(N)C1)c1ccncc1Br. The molecule has 1 saturated carbocycles. The van der Waals surface area contributed by atoms with E-state index in [0.717, 1.165) is 29.8 Å². The van der Waals surface area contributed by atoms with Gasteiger partial charge in [0.25, 0.3) is 0 Å². The van der Waals surface area contributed by atoms with Crippen LogP contribution in [-0.2, 0) is 0 Å². The number of anilines is 1. The number of pyridine rings is 1. The first-order valence-electron chi connectivity index (χ1n) is 5.23. The minimum Gasteiger partial charge on any atom is -0.373 e. The van der Waals surface area contributed by atoms with Gasteiger partial charge in [0.2, 0.25) is 0 Å². The van der Waals surface area contributed by atoms with E-state index in [1.807, 2.05) is 18.5 Å². The van der Waals surface area contributed by atoms with Crippen LogP contribution >= 0.6 is 15.9 Å². The van der Waals surface area contributed by atoms with E-state index < -0.39 is 0 Å². The first-order valence-corrected chi connectivity index (χ1v) is 6.02. The molecule has 0 spiro atoms. The minimum atomic E-state index is 0.435. The molecule has 82 valence electrons. The highest BCUT2D eigenvalue weighted by Gasteiger charge is 2.27. The third-order valence-electron chi connectivity index (χ3n) is 2.97. The molecular formula is C11H16BrN3. The summed E-state index contributed by atoms with van der Waals surface area (Å²) in [4.78, 5) is 6.33. The van der Waals surface area contributed by atoms with Gasteiger partial charge in [-0.15, -0.1) is 0 Å². The molecule has 3 nitrogen and oxygen atoms in total. The standard InChI is InChI=1S/C11H16BrN3/c1-15(7-8-4-9(13)5-8)11-2-3-14-6-10(11)12/h2-3,6,8-9H,4-5,7,13H2,1H3. The van der Waals surface area contributed by atoms with Gasteiger partial charge >= 0.3 is 0 Å². The molecule has 0 atom stereocenters. The van der Waals surface area contributed by atoms with Gasteiger partial charge in [-0.25, -0.2) is 0 Å². The van der Waals surface area contributed by atoms with Gasteiger partial charge in [-0.1, -0.05) is 0 Å². The van der Waals surface area contributed by atoms with Gasteiger partial charge < -0.3 is 10.6 Å². The zero-order chi connectivity index (χ0) is 10.8. The quantitative estimate of drug-likeness (QED) is 0.913. The maximum absolute atomic E-state index is 5.78. The number of hydrogen-bond acceptors (Lipinski definition) is 3. The van der Waals surface area contributed by atoms with Crippen molar-refractivity contribution in [1.29, 1.82) is 0 Å². The van der Waals surface area contributed by atoms with Crippen LogP contribution in [0, 0.1) is 5.92 Å². The predicted octanol–water partition coefficient (Wildman–Crippen LogP) is 2.02. The van der Waals surface area contributed by atoms with E-state index in [-0.39, 0.29) is 0 Å². The Balaban J connectivity index is 1.96. The summed E-state index contributed by atoms with van der Waals surface area (Å²) in [6, 6.07) is 2.46. The van der Waals surface area contributed by atoms with E-state index >= 15 is 0 Å². The number of nitrogens with zero attached hydrogens (tertiary/aromatic N) is 2. The normalized spacial score (nSPS) is 24.7. The Labute approximate surface area is 98.8 Å². The lowest BCUT2D eigenvalue weighted by Gasteiger charge is -2.36. The molecule has 0 radical (unpaired) electrons. The molecule has 1 aromatic heterocycles. The topological polar surface area (TPSA) is 42.1 Å². The largest absolute Gasteiger partial charge is 0.373 e. The van der Waals surface area contributed by atoms with Crippen LogP contribution < -0.4 is 10.6 Å². The van der Waals surface area contributed by atoms with E-state index in [2.05, 4.69) is 32.9 Å². The zero-order valence-corrected chi connectivity index (χ0v) is 10.4. The lowest BCUT2D eigenvalue weighted by atomic mass is 9.80. The predicted molar refractivity (Wildman–Crippen MR) is 65.9 cm³/mol. The summed E-state index contributed by atoms with van der Waals surface area (Å²) in [5.41, 5.74) is 6.97. The van der Waals surface area contributed by atoms with Gasteiger partial charge in [-0.05, 0) is 40.8 Å². The van der Waals surface area contributed by atoms with Crippen molar-refractivity contribution >= 4 is 21.6 Å². The molecule has 0 unspecified atom stereocenters. The van der Waals surface area contributed by atoms with Crippen molar-refractivity contribution in [1.82, 2.24) is 4.98 Å². The molecule has 4 heteroatoms. The van der Waals surface area contributed by atoms with Gasteiger partial charge in [0.05, 0.1) is 10.2 Å². The molecule has 1 heterocycles. The van der Waals surface area contributed by atoms with Crippen LogP contribution in [-0.4, -0.2) is 24.6 Å². The van der Waals surface area contributed by atoms with Gasteiger partial charge in [-0.2, -0.15) is 0 Å². The summed E-state index contributed by atoms with van der Waals surface area (Å²) >= 11 is 3.51. The van der Waals surface area contributed by atoms with Crippen LogP contribution in [0.25, 0.3) is 0 Å². The highest BCUT2D eigenvalue weighted by atomic mass is 79.9. The van der Waals surface area contributed by atoms with Gasteiger partial charge in [0.15, 0.2) is 0 Å². The Hall–Kier alpha value is -0.610. The lowest BCUT2D eigenvalue weighted by Crippen LogP contribution is -2.41. The van der Waals surface area contributed by atoms with E-state index in [1.54, 1.807) is 0 Å². The second kappa shape index (κ2) is 4.49. The molecule has 1 fully saturated rings. The van der Waals surface area contributed by atoms with Crippen molar-refractivity contribution in [2.45, 2.75) is 18.9 Å². The number of aromatic nitrogens is 1. The van der Waals surface area contributed by atoms with Crippen molar-refractivity contribution in [3.8, 4) is 0 Å². The Bertz CT molecular complexity index is 336. The van der Waals surface area contributed by atoms with Crippen molar-refractivity contribution < 1.29 is 0 Å². The van der Waals surface area contributed by atoms with Crippen molar-refractivity contribution in [3.05, 3.63) is 22.9 Å². The van der Waals surface area contributed by atoms with Crippen molar-refractivity contribution in [3.63, 3.8) is 0 Å². The number of rotatable bonds is 3. The second-order valence-corrected chi connectivity index (χ2v) is 5.16. The maximum Gasteiger partial charge on any atom is 0.0592 e. The van der Waals surface area contributed by atoms with E-state index in [0.29, 0.717) is 6.04 Å². The molecule has 1 aliphatic carbocycles. The summed E-state index contributed by atoms with van der Waals surface area (Å²) < 4.78 is 1.05. The monoisotopic (exact) mass is 269 g/mol.